The summed E-state index contributed by atoms with van der Waals surface area (Å²) < 4.78 is 48.9. The zero-order valence-electron chi connectivity index (χ0n) is 18.4. The number of sulfonamides is 1. The van der Waals surface area contributed by atoms with Crippen LogP contribution in [0.5, 0.6) is 23.0 Å². The second-order valence-corrected chi connectivity index (χ2v) is 8.77. The summed E-state index contributed by atoms with van der Waals surface area (Å²) in [6, 6.07) is 7.16. The standard InChI is InChI=1S/C21H27N3O7S/c1-28-17-10-8-15(32(26,27)24-14-6-7-14)11-16(17)23-21(25)22-12-13-5-9-18(29-2)20(31-4)19(13)30-3/h5,8-11,14,24H,6-7,12H2,1-4H3,(H2,22,23,25). The highest BCUT2D eigenvalue weighted by Gasteiger charge is 2.28. The van der Waals surface area contributed by atoms with Gasteiger partial charge in [-0.15, -0.1) is 0 Å². The predicted molar refractivity (Wildman–Crippen MR) is 118 cm³/mol. The van der Waals surface area contributed by atoms with Crippen molar-refractivity contribution in [2.75, 3.05) is 33.8 Å². The number of ether oxygens (including phenoxy) is 4. The van der Waals surface area contributed by atoms with Crippen molar-refractivity contribution in [3.05, 3.63) is 35.9 Å². The second kappa shape index (κ2) is 9.96. The van der Waals surface area contributed by atoms with Gasteiger partial charge in [0.15, 0.2) is 11.5 Å². The van der Waals surface area contributed by atoms with E-state index in [4.69, 9.17) is 18.9 Å². The highest BCUT2D eigenvalue weighted by atomic mass is 32.2. The largest absolute Gasteiger partial charge is 0.495 e. The summed E-state index contributed by atoms with van der Waals surface area (Å²) in [7, 11) is 2.26. The van der Waals surface area contributed by atoms with Gasteiger partial charge in [-0.1, -0.05) is 0 Å². The number of methoxy groups -OCH3 is 4. The van der Waals surface area contributed by atoms with Crippen LogP contribution in [0.4, 0.5) is 10.5 Å². The molecule has 0 radical (unpaired) electrons. The fourth-order valence-electron chi connectivity index (χ4n) is 3.08. The highest BCUT2D eigenvalue weighted by Crippen LogP contribution is 2.39. The van der Waals surface area contributed by atoms with Crippen molar-refractivity contribution in [2.45, 2.75) is 30.3 Å². The summed E-state index contributed by atoms with van der Waals surface area (Å²) >= 11 is 0. The molecule has 1 saturated carbocycles. The Balaban J connectivity index is 1.74. The molecule has 10 nitrogen and oxygen atoms in total. The third kappa shape index (κ3) is 5.35. The fraction of sp³-hybridized carbons (Fsp3) is 0.381. The predicted octanol–water partition coefficient (Wildman–Crippen LogP) is 2.48. The first-order valence-electron chi connectivity index (χ1n) is 9.86. The first kappa shape index (κ1) is 23.5. The smallest absolute Gasteiger partial charge is 0.319 e. The van der Waals surface area contributed by atoms with E-state index in [0.717, 1.165) is 12.8 Å². The molecule has 1 aliphatic carbocycles. The molecule has 3 N–H and O–H groups in total. The average Bonchev–Trinajstić information content (AvgIpc) is 3.59. The molecule has 2 aromatic carbocycles. The molecule has 0 aliphatic heterocycles. The normalized spacial score (nSPS) is 13.2. The molecule has 0 unspecified atom stereocenters. The van der Waals surface area contributed by atoms with E-state index < -0.39 is 16.1 Å². The Labute approximate surface area is 187 Å². The minimum Gasteiger partial charge on any atom is -0.495 e. The van der Waals surface area contributed by atoms with Crippen LogP contribution in [0.15, 0.2) is 35.2 Å². The van der Waals surface area contributed by atoms with Crippen LogP contribution < -0.4 is 34.3 Å². The third-order valence-electron chi connectivity index (χ3n) is 4.85. The molecule has 174 valence electrons. The number of benzene rings is 2. The lowest BCUT2D eigenvalue weighted by Crippen LogP contribution is -2.29. The van der Waals surface area contributed by atoms with Crippen molar-refractivity contribution in [1.82, 2.24) is 10.0 Å². The van der Waals surface area contributed by atoms with Crippen LogP contribution >= 0.6 is 0 Å². The summed E-state index contributed by atoms with van der Waals surface area (Å²) in [5.74, 6) is 1.68. The minimum absolute atomic E-state index is 0.0294. The Morgan fingerprint density at radius 2 is 1.59 bits per heavy atom. The Morgan fingerprint density at radius 1 is 0.938 bits per heavy atom. The molecule has 0 saturated heterocycles. The van der Waals surface area contributed by atoms with E-state index >= 15 is 0 Å². The number of nitrogens with one attached hydrogen (secondary N) is 3. The molecule has 2 amide bonds. The SMILES string of the molecule is COc1ccc(S(=O)(=O)NC2CC2)cc1NC(=O)NCc1ccc(OC)c(OC)c1OC. The molecule has 3 rings (SSSR count). The molecule has 0 aromatic heterocycles. The third-order valence-corrected chi connectivity index (χ3v) is 6.37. The fourth-order valence-corrected chi connectivity index (χ4v) is 4.42. The number of urea groups is 1. The summed E-state index contributed by atoms with van der Waals surface area (Å²) in [6.45, 7) is 0.124. The molecule has 1 aliphatic rings. The Hall–Kier alpha value is -3.18. The van der Waals surface area contributed by atoms with Gasteiger partial charge in [0.2, 0.25) is 15.8 Å². The number of carbonyl (C=O) groups excluding carboxylic acids is 1. The molecule has 0 atom stereocenters. The van der Waals surface area contributed by atoms with Crippen LogP contribution in [0.1, 0.15) is 18.4 Å². The topological polar surface area (TPSA) is 124 Å². The van der Waals surface area contributed by atoms with Crippen molar-refractivity contribution in [1.29, 1.82) is 0 Å². The van der Waals surface area contributed by atoms with E-state index in [0.29, 0.717) is 28.6 Å². The first-order valence-corrected chi connectivity index (χ1v) is 11.3. The van der Waals surface area contributed by atoms with Crippen LogP contribution in [-0.4, -0.2) is 48.9 Å². The lowest BCUT2D eigenvalue weighted by molar-refractivity contribution is 0.251. The van der Waals surface area contributed by atoms with E-state index in [1.165, 1.54) is 46.6 Å². The number of rotatable bonds is 10. The summed E-state index contributed by atoms with van der Waals surface area (Å²) in [5, 5.41) is 5.35. The average molecular weight is 466 g/mol. The molecule has 0 heterocycles. The molecule has 0 spiro atoms. The zero-order chi connectivity index (χ0) is 23.3. The molecule has 2 aromatic rings. The van der Waals surface area contributed by atoms with Crippen LogP contribution in [0.2, 0.25) is 0 Å². The van der Waals surface area contributed by atoms with E-state index in [1.54, 1.807) is 12.1 Å². The van der Waals surface area contributed by atoms with Gasteiger partial charge in [-0.2, -0.15) is 0 Å². The number of carbonyl (C=O) groups is 1. The summed E-state index contributed by atoms with van der Waals surface area (Å²) in [5.41, 5.74) is 0.889. The maximum atomic E-state index is 12.5. The first-order chi connectivity index (χ1) is 15.3. The van der Waals surface area contributed by atoms with Crippen LogP contribution in [0, 0.1) is 0 Å². The number of anilines is 1. The van der Waals surface area contributed by atoms with E-state index in [-0.39, 0.29) is 23.2 Å². The van der Waals surface area contributed by atoms with Gasteiger partial charge in [-0.25, -0.2) is 17.9 Å². The lowest BCUT2D eigenvalue weighted by Gasteiger charge is -2.17. The minimum atomic E-state index is -3.68. The van der Waals surface area contributed by atoms with E-state index in [2.05, 4.69) is 15.4 Å². The second-order valence-electron chi connectivity index (χ2n) is 7.06. The maximum Gasteiger partial charge on any atom is 0.319 e. The van der Waals surface area contributed by atoms with Crippen LogP contribution in [0.25, 0.3) is 0 Å². The molecule has 11 heteroatoms. The van der Waals surface area contributed by atoms with Crippen molar-refractivity contribution >= 4 is 21.7 Å². The zero-order valence-corrected chi connectivity index (χ0v) is 19.2. The highest BCUT2D eigenvalue weighted by molar-refractivity contribution is 7.89. The van der Waals surface area contributed by atoms with Gasteiger partial charge in [-0.05, 0) is 43.2 Å². The van der Waals surface area contributed by atoms with Crippen LogP contribution in [-0.2, 0) is 16.6 Å². The van der Waals surface area contributed by atoms with Gasteiger partial charge in [-0.3, -0.25) is 0 Å². The van der Waals surface area contributed by atoms with Crippen molar-refractivity contribution in [3.63, 3.8) is 0 Å². The van der Waals surface area contributed by atoms with Gasteiger partial charge in [0, 0.05) is 18.2 Å². The van der Waals surface area contributed by atoms with Gasteiger partial charge >= 0.3 is 6.03 Å². The van der Waals surface area contributed by atoms with Gasteiger partial charge < -0.3 is 29.6 Å². The quantitative estimate of drug-likeness (QED) is 0.492. The van der Waals surface area contributed by atoms with Crippen LogP contribution in [0.3, 0.4) is 0 Å². The molecular weight excluding hydrogens is 438 g/mol. The Morgan fingerprint density at radius 3 is 2.19 bits per heavy atom. The Bertz CT molecular complexity index is 1090. The Kier molecular flexibility index (Phi) is 7.31. The number of hydrogen-bond donors (Lipinski definition) is 3. The van der Waals surface area contributed by atoms with Crippen molar-refractivity contribution in [3.8, 4) is 23.0 Å². The van der Waals surface area contributed by atoms with E-state index in [1.807, 2.05) is 0 Å². The summed E-state index contributed by atoms with van der Waals surface area (Å²) in [4.78, 5) is 12.6. The molecular formula is C21H27N3O7S. The maximum absolute atomic E-state index is 12.5. The number of amides is 2. The van der Waals surface area contributed by atoms with Gasteiger partial charge in [0.25, 0.3) is 0 Å². The van der Waals surface area contributed by atoms with Gasteiger partial charge in [0.05, 0.1) is 39.0 Å². The molecule has 0 bridgehead atoms. The van der Waals surface area contributed by atoms with E-state index in [9.17, 15) is 13.2 Å². The lowest BCUT2D eigenvalue weighted by atomic mass is 10.1. The molecule has 1 fully saturated rings. The monoisotopic (exact) mass is 465 g/mol. The van der Waals surface area contributed by atoms with Gasteiger partial charge in [0.1, 0.15) is 5.75 Å². The van der Waals surface area contributed by atoms with Crippen molar-refractivity contribution in [2.24, 2.45) is 0 Å². The van der Waals surface area contributed by atoms with Crippen molar-refractivity contribution < 1.29 is 32.2 Å². The molecule has 32 heavy (non-hydrogen) atoms. The number of hydrogen-bond acceptors (Lipinski definition) is 7. The summed E-state index contributed by atoms with van der Waals surface area (Å²) in [6.07, 6.45) is 1.64.